The van der Waals surface area contributed by atoms with Gasteiger partial charge in [0.25, 0.3) is 0 Å². The minimum absolute atomic E-state index is 0.183. The second kappa shape index (κ2) is 6.73. The van der Waals surface area contributed by atoms with Gasteiger partial charge in [0.05, 0.1) is 11.7 Å². The Labute approximate surface area is 139 Å². The lowest BCUT2D eigenvalue weighted by molar-refractivity contribution is -0.0181. The summed E-state index contributed by atoms with van der Waals surface area (Å²) in [6.45, 7) is 15.3. The zero-order chi connectivity index (χ0) is 17.2. The Morgan fingerprint density at radius 1 is 1.22 bits per heavy atom. The second-order valence-corrected chi connectivity index (χ2v) is 6.46. The zero-order valence-electron chi connectivity index (χ0n) is 14.5. The molecule has 0 amide bonds. The first-order valence-corrected chi connectivity index (χ1v) is 7.98. The first-order valence-electron chi connectivity index (χ1n) is 7.98. The molecule has 1 N–H and O–H groups in total. The molecule has 0 saturated heterocycles. The van der Waals surface area contributed by atoms with Gasteiger partial charge in [-0.15, -0.1) is 0 Å². The quantitative estimate of drug-likeness (QED) is 0.813. The molecule has 120 valence electrons. The largest absolute Gasteiger partial charge is 0.424 e. The Morgan fingerprint density at radius 2 is 1.87 bits per heavy atom. The molecule has 0 radical (unpaired) electrons. The van der Waals surface area contributed by atoms with Crippen molar-refractivity contribution in [2.24, 2.45) is 0 Å². The summed E-state index contributed by atoms with van der Waals surface area (Å²) in [6.07, 6.45) is 3.14. The van der Waals surface area contributed by atoms with E-state index >= 15 is 0 Å². The van der Waals surface area contributed by atoms with E-state index < -0.39 is 11.7 Å². The van der Waals surface area contributed by atoms with Gasteiger partial charge >= 0.3 is 6.92 Å². The number of hydrogen-bond acceptors (Lipinski definition) is 2. The van der Waals surface area contributed by atoms with Crippen LogP contribution in [0.5, 0.6) is 0 Å². The zero-order valence-corrected chi connectivity index (χ0v) is 14.5. The van der Waals surface area contributed by atoms with E-state index in [1.807, 2.05) is 45.0 Å². The van der Waals surface area contributed by atoms with Crippen LogP contribution in [0.25, 0.3) is 22.9 Å². The molecule has 2 rings (SSSR count). The molecule has 23 heavy (non-hydrogen) atoms. The van der Waals surface area contributed by atoms with Crippen LogP contribution in [0.1, 0.15) is 31.9 Å². The molecule has 0 spiro atoms. The Hall–Kier alpha value is -1.84. The maximum absolute atomic E-state index is 9.96. The molecule has 0 aromatic heterocycles. The molecule has 0 aliphatic heterocycles. The van der Waals surface area contributed by atoms with E-state index in [1.54, 1.807) is 6.92 Å². The summed E-state index contributed by atoms with van der Waals surface area (Å²) in [6, 6.07) is 10.4. The van der Waals surface area contributed by atoms with Crippen LogP contribution >= 0.6 is 0 Å². The fraction of sp³-hybridized carbons (Fsp3) is 0.300. The van der Waals surface area contributed by atoms with Crippen molar-refractivity contribution in [3.8, 4) is 0 Å². The number of rotatable bonds is 6. The average molecular weight is 308 g/mol. The average Bonchev–Trinajstić information content (AvgIpc) is 2.51. The summed E-state index contributed by atoms with van der Waals surface area (Å²) >= 11 is 0. The van der Waals surface area contributed by atoms with Gasteiger partial charge in [0.1, 0.15) is 0 Å². The van der Waals surface area contributed by atoms with E-state index in [4.69, 9.17) is 4.65 Å². The van der Waals surface area contributed by atoms with E-state index in [2.05, 4.69) is 31.4 Å². The number of aliphatic hydroxyl groups is 1. The summed E-state index contributed by atoms with van der Waals surface area (Å²) < 4.78 is 6.20. The highest BCUT2D eigenvalue weighted by Gasteiger charge is 2.31. The van der Waals surface area contributed by atoms with E-state index in [1.165, 1.54) is 0 Å². The SMILES string of the molecule is C=Cc1cc2ccccc2c(B(C)OC(C)(C)C(C)O)c1C=C. The molecule has 0 aliphatic rings. The van der Waals surface area contributed by atoms with Crippen LogP contribution in [0.4, 0.5) is 0 Å². The predicted molar refractivity (Wildman–Crippen MR) is 102 cm³/mol. The first-order chi connectivity index (χ1) is 10.8. The molecular formula is C20H25BO2. The van der Waals surface area contributed by atoms with Crippen LogP contribution in [0.15, 0.2) is 43.5 Å². The minimum atomic E-state index is -0.636. The molecular weight excluding hydrogens is 283 g/mol. The van der Waals surface area contributed by atoms with Gasteiger partial charge in [-0.3, -0.25) is 0 Å². The minimum Gasteiger partial charge on any atom is -0.424 e. The lowest BCUT2D eigenvalue weighted by atomic mass is 9.59. The van der Waals surface area contributed by atoms with Crippen molar-refractivity contribution in [2.45, 2.75) is 39.3 Å². The summed E-state index contributed by atoms with van der Waals surface area (Å²) in [5, 5.41) is 12.2. The number of hydrogen-bond donors (Lipinski definition) is 1. The third-order valence-corrected chi connectivity index (χ3v) is 4.48. The highest BCUT2D eigenvalue weighted by Crippen LogP contribution is 2.23. The van der Waals surface area contributed by atoms with Crippen molar-refractivity contribution in [1.82, 2.24) is 0 Å². The molecule has 0 bridgehead atoms. The van der Waals surface area contributed by atoms with E-state index in [0.717, 1.165) is 27.4 Å². The summed E-state index contributed by atoms with van der Waals surface area (Å²) in [5.41, 5.74) is 2.52. The van der Waals surface area contributed by atoms with Gasteiger partial charge in [-0.05, 0) is 54.2 Å². The maximum Gasteiger partial charge on any atom is 0.325 e. The number of aliphatic hydroxyl groups excluding tert-OH is 1. The summed E-state index contributed by atoms with van der Waals surface area (Å²) in [4.78, 5) is 0. The van der Waals surface area contributed by atoms with Crippen LogP contribution in [0.3, 0.4) is 0 Å². The van der Waals surface area contributed by atoms with Gasteiger partial charge in [-0.1, -0.05) is 56.4 Å². The molecule has 2 aromatic carbocycles. The standard InChI is InChI=1S/C20H25BO2/c1-7-15-13-16-11-9-10-12-18(16)19(17(15)8-2)21(6)23-20(4,5)14(3)22/h7-14,22H,1-2H2,3-6H3. The lowest BCUT2D eigenvalue weighted by Gasteiger charge is -2.32. The molecule has 0 heterocycles. The van der Waals surface area contributed by atoms with Crippen molar-refractivity contribution in [2.75, 3.05) is 0 Å². The van der Waals surface area contributed by atoms with Crippen molar-refractivity contribution in [3.63, 3.8) is 0 Å². The fourth-order valence-corrected chi connectivity index (χ4v) is 2.86. The van der Waals surface area contributed by atoms with Gasteiger partial charge in [-0.25, -0.2) is 0 Å². The van der Waals surface area contributed by atoms with E-state index in [-0.39, 0.29) is 6.92 Å². The van der Waals surface area contributed by atoms with Crippen molar-refractivity contribution in [3.05, 3.63) is 54.6 Å². The third-order valence-electron chi connectivity index (χ3n) is 4.48. The molecule has 0 saturated carbocycles. The van der Waals surface area contributed by atoms with E-state index in [0.29, 0.717) is 0 Å². The molecule has 1 unspecified atom stereocenters. The highest BCUT2D eigenvalue weighted by molar-refractivity contribution is 6.70. The molecule has 2 aromatic rings. The maximum atomic E-state index is 9.96. The van der Waals surface area contributed by atoms with E-state index in [9.17, 15) is 5.11 Å². The Balaban J connectivity index is 2.66. The van der Waals surface area contributed by atoms with Gasteiger partial charge in [0, 0.05) is 0 Å². The monoisotopic (exact) mass is 308 g/mol. The van der Waals surface area contributed by atoms with Crippen LogP contribution in [-0.2, 0) is 4.65 Å². The van der Waals surface area contributed by atoms with Gasteiger partial charge in [-0.2, -0.15) is 0 Å². The Kier molecular flexibility index (Phi) is 5.13. The Morgan fingerprint density at radius 3 is 2.43 bits per heavy atom. The predicted octanol–water partition coefficient (Wildman–Crippen LogP) is 4.13. The summed E-state index contributed by atoms with van der Waals surface area (Å²) in [7, 11) is 0. The highest BCUT2D eigenvalue weighted by atomic mass is 16.5. The molecule has 1 atom stereocenters. The topological polar surface area (TPSA) is 29.5 Å². The van der Waals surface area contributed by atoms with Crippen LogP contribution in [0, 0.1) is 0 Å². The molecule has 0 aliphatic carbocycles. The van der Waals surface area contributed by atoms with Crippen LogP contribution in [-0.4, -0.2) is 23.7 Å². The summed E-state index contributed by atoms with van der Waals surface area (Å²) in [5.74, 6) is 0. The normalized spacial score (nSPS) is 12.9. The van der Waals surface area contributed by atoms with Gasteiger partial charge in [0.15, 0.2) is 0 Å². The molecule has 3 heteroatoms. The molecule has 0 fully saturated rings. The number of fused-ring (bicyclic) bond motifs is 1. The smallest absolute Gasteiger partial charge is 0.325 e. The number of benzene rings is 2. The third kappa shape index (κ3) is 3.41. The second-order valence-electron chi connectivity index (χ2n) is 6.46. The Bertz CT molecular complexity index is 732. The molecule has 2 nitrogen and oxygen atoms in total. The van der Waals surface area contributed by atoms with Crippen LogP contribution in [0.2, 0.25) is 6.82 Å². The fourth-order valence-electron chi connectivity index (χ4n) is 2.86. The lowest BCUT2D eigenvalue weighted by Crippen LogP contribution is -2.46. The van der Waals surface area contributed by atoms with Crippen molar-refractivity contribution < 1.29 is 9.76 Å². The van der Waals surface area contributed by atoms with Gasteiger partial charge < -0.3 is 9.76 Å². The van der Waals surface area contributed by atoms with Crippen LogP contribution < -0.4 is 5.46 Å². The first kappa shape index (κ1) is 17.5. The van der Waals surface area contributed by atoms with Crippen molar-refractivity contribution >= 4 is 35.3 Å². The van der Waals surface area contributed by atoms with Gasteiger partial charge in [0.2, 0.25) is 0 Å². The van der Waals surface area contributed by atoms with Crippen molar-refractivity contribution in [1.29, 1.82) is 0 Å².